The lowest BCUT2D eigenvalue weighted by Gasteiger charge is -2.29. The standard InChI is InChI=1S/C13H17NO/c15-13-7-12-6-11(13)9-14(12)8-10-4-2-1-3-5-10/h1-5,11-13,15H,6-9H2/t11-,12-,13+/m1/s1. The highest BCUT2D eigenvalue weighted by Gasteiger charge is 2.43. The lowest BCUT2D eigenvalue weighted by molar-refractivity contribution is 0.0711. The number of piperidine rings is 1. The second-order valence-corrected chi connectivity index (χ2v) is 4.87. The Morgan fingerprint density at radius 1 is 1.20 bits per heavy atom. The lowest BCUT2D eigenvalue weighted by atomic mass is 10.1. The van der Waals surface area contributed by atoms with Gasteiger partial charge >= 0.3 is 0 Å². The van der Waals surface area contributed by atoms with Crippen LogP contribution in [0, 0.1) is 5.92 Å². The van der Waals surface area contributed by atoms with Crippen LogP contribution in [0.5, 0.6) is 0 Å². The van der Waals surface area contributed by atoms with E-state index in [9.17, 15) is 5.11 Å². The van der Waals surface area contributed by atoms with Crippen LogP contribution in [-0.4, -0.2) is 28.7 Å². The molecule has 2 bridgehead atoms. The minimum absolute atomic E-state index is 0.0259. The summed E-state index contributed by atoms with van der Waals surface area (Å²) in [5.74, 6) is 0.540. The molecule has 2 fully saturated rings. The zero-order valence-corrected chi connectivity index (χ0v) is 8.84. The Morgan fingerprint density at radius 2 is 2.00 bits per heavy atom. The van der Waals surface area contributed by atoms with Gasteiger partial charge in [0.15, 0.2) is 0 Å². The molecule has 1 saturated carbocycles. The number of aliphatic hydroxyl groups excluding tert-OH is 1. The van der Waals surface area contributed by atoms with Gasteiger partial charge in [-0.1, -0.05) is 30.3 Å². The van der Waals surface area contributed by atoms with Crippen LogP contribution in [0.1, 0.15) is 18.4 Å². The van der Waals surface area contributed by atoms with Gasteiger partial charge in [0.1, 0.15) is 0 Å². The Kier molecular flexibility index (Phi) is 2.26. The zero-order valence-electron chi connectivity index (χ0n) is 8.84. The van der Waals surface area contributed by atoms with Gasteiger partial charge < -0.3 is 5.11 Å². The molecule has 0 spiro atoms. The number of benzene rings is 1. The fourth-order valence-electron chi connectivity index (χ4n) is 3.03. The van der Waals surface area contributed by atoms with E-state index in [1.165, 1.54) is 12.0 Å². The van der Waals surface area contributed by atoms with Gasteiger partial charge in [0.25, 0.3) is 0 Å². The smallest absolute Gasteiger partial charge is 0.0596 e. The molecule has 3 rings (SSSR count). The fourth-order valence-corrected chi connectivity index (χ4v) is 3.03. The van der Waals surface area contributed by atoms with Gasteiger partial charge in [0, 0.05) is 19.1 Å². The first-order valence-corrected chi connectivity index (χ1v) is 5.79. The van der Waals surface area contributed by atoms with Crippen molar-refractivity contribution < 1.29 is 5.11 Å². The molecule has 0 radical (unpaired) electrons. The molecule has 1 aliphatic carbocycles. The van der Waals surface area contributed by atoms with Crippen molar-refractivity contribution in [2.45, 2.75) is 31.5 Å². The van der Waals surface area contributed by atoms with E-state index in [4.69, 9.17) is 0 Å². The van der Waals surface area contributed by atoms with E-state index in [0.717, 1.165) is 19.5 Å². The van der Waals surface area contributed by atoms with E-state index < -0.39 is 0 Å². The predicted molar refractivity (Wildman–Crippen MR) is 59.4 cm³/mol. The normalized spacial score (nSPS) is 34.9. The summed E-state index contributed by atoms with van der Waals surface area (Å²) < 4.78 is 0. The Morgan fingerprint density at radius 3 is 2.60 bits per heavy atom. The van der Waals surface area contributed by atoms with Crippen LogP contribution in [0.25, 0.3) is 0 Å². The average molecular weight is 203 g/mol. The molecular weight excluding hydrogens is 186 g/mol. The topological polar surface area (TPSA) is 23.5 Å². The Hall–Kier alpha value is -0.860. The molecule has 1 saturated heterocycles. The van der Waals surface area contributed by atoms with Crippen LogP contribution >= 0.6 is 0 Å². The zero-order chi connectivity index (χ0) is 10.3. The summed E-state index contributed by atoms with van der Waals surface area (Å²) in [6.45, 7) is 2.13. The SMILES string of the molecule is O[C@H]1C[C@H]2C[C@@H]1CN2Cc1ccccc1. The van der Waals surface area contributed by atoms with Crippen molar-refractivity contribution in [3.63, 3.8) is 0 Å². The van der Waals surface area contributed by atoms with E-state index in [1.807, 2.05) is 0 Å². The van der Waals surface area contributed by atoms with Gasteiger partial charge in [-0.05, 0) is 24.3 Å². The van der Waals surface area contributed by atoms with Crippen molar-refractivity contribution in [3.05, 3.63) is 35.9 Å². The second kappa shape index (κ2) is 3.62. The number of likely N-dealkylation sites (tertiary alicyclic amines) is 1. The summed E-state index contributed by atoms with van der Waals surface area (Å²) in [6.07, 6.45) is 2.16. The second-order valence-electron chi connectivity index (χ2n) is 4.87. The molecule has 2 heteroatoms. The molecular formula is C13H17NO. The molecule has 1 aliphatic heterocycles. The third kappa shape index (κ3) is 1.68. The van der Waals surface area contributed by atoms with Crippen molar-refractivity contribution in [1.82, 2.24) is 4.90 Å². The molecule has 2 nitrogen and oxygen atoms in total. The molecule has 2 aliphatic rings. The van der Waals surface area contributed by atoms with Gasteiger partial charge in [0.05, 0.1) is 6.10 Å². The molecule has 0 unspecified atom stereocenters. The minimum Gasteiger partial charge on any atom is -0.393 e. The first-order valence-electron chi connectivity index (χ1n) is 5.79. The van der Waals surface area contributed by atoms with Crippen molar-refractivity contribution in [2.75, 3.05) is 6.54 Å². The Bertz CT molecular complexity index is 336. The van der Waals surface area contributed by atoms with Crippen LogP contribution in [0.3, 0.4) is 0 Å². The quantitative estimate of drug-likeness (QED) is 0.790. The van der Waals surface area contributed by atoms with E-state index in [-0.39, 0.29) is 6.10 Å². The van der Waals surface area contributed by atoms with E-state index in [1.54, 1.807) is 0 Å². The fraction of sp³-hybridized carbons (Fsp3) is 0.538. The van der Waals surface area contributed by atoms with Crippen molar-refractivity contribution in [2.24, 2.45) is 5.92 Å². The Balaban J connectivity index is 1.67. The molecule has 80 valence electrons. The monoisotopic (exact) mass is 203 g/mol. The van der Waals surface area contributed by atoms with Crippen LogP contribution in [0.2, 0.25) is 0 Å². The molecule has 15 heavy (non-hydrogen) atoms. The van der Waals surface area contributed by atoms with E-state index in [2.05, 4.69) is 35.2 Å². The summed E-state index contributed by atoms with van der Waals surface area (Å²) in [6, 6.07) is 11.2. The molecule has 1 heterocycles. The highest BCUT2D eigenvalue weighted by Crippen LogP contribution is 2.38. The maximum atomic E-state index is 9.68. The van der Waals surface area contributed by atoms with Crippen LogP contribution in [-0.2, 0) is 6.54 Å². The summed E-state index contributed by atoms with van der Waals surface area (Å²) in [5.41, 5.74) is 1.39. The number of hydrogen-bond donors (Lipinski definition) is 1. The summed E-state index contributed by atoms with van der Waals surface area (Å²) in [5, 5.41) is 9.68. The lowest BCUT2D eigenvalue weighted by Crippen LogP contribution is -2.36. The summed E-state index contributed by atoms with van der Waals surface area (Å²) in [7, 11) is 0. The third-order valence-corrected chi connectivity index (χ3v) is 3.85. The number of aliphatic hydroxyl groups is 1. The van der Waals surface area contributed by atoms with Crippen LogP contribution in [0.4, 0.5) is 0 Å². The van der Waals surface area contributed by atoms with Gasteiger partial charge in [-0.25, -0.2) is 0 Å². The molecule has 3 atom stereocenters. The van der Waals surface area contributed by atoms with Crippen LogP contribution in [0.15, 0.2) is 30.3 Å². The number of hydrogen-bond acceptors (Lipinski definition) is 2. The summed E-state index contributed by atoms with van der Waals surface area (Å²) >= 11 is 0. The van der Waals surface area contributed by atoms with Gasteiger partial charge in [-0.2, -0.15) is 0 Å². The minimum atomic E-state index is -0.0259. The predicted octanol–water partition coefficient (Wildman–Crippen LogP) is 1.64. The average Bonchev–Trinajstić information content (AvgIpc) is 2.78. The highest BCUT2D eigenvalue weighted by atomic mass is 16.3. The number of nitrogens with zero attached hydrogens (tertiary/aromatic N) is 1. The maximum absolute atomic E-state index is 9.68. The van der Waals surface area contributed by atoms with Crippen LogP contribution < -0.4 is 0 Å². The first-order chi connectivity index (χ1) is 7.33. The molecule has 1 N–H and O–H groups in total. The molecule has 0 amide bonds. The molecule has 1 aromatic carbocycles. The Labute approximate surface area is 90.5 Å². The van der Waals surface area contributed by atoms with Crippen molar-refractivity contribution in [1.29, 1.82) is 0 Å². The third-order valence-electron chi connectivity index (χ3n) is 3.85. The van der Waals surface area contributed by atoms with Gasteiger partial charge in [-0.15, -0.1) is 0 Å². The van der Waals surface area contributed by atoms with Crippen molar-refractivity contribution in [3.8, 4) is 0 Å². The highest BCUT2D eigenvalue weighted by molar-refractivity contribution is 5.15. The number of rotatable bonds is 2. The summed E-state index contributed by atoms with van der Waals surface area (Å²) in [4.78, 5) is 2.52. The first kappa shape index (κ1) is 9.37. The van der Waals surface area contributed by atoms with E-state index >= 15 is 0 Å². The van der Waals surface area contributed by atoms with Crippen molar-refractivity contribution >= 4 is 0 Å². The molecule has 0 aromatic heterocycles. The maximum Gasteiger partial charge on any atom is 0.0596 e. The van der Waals surface area contributed by atoms with Gasteiger partial charge in [0.2, 0.25) is 0 Å². The largest absolute Gasteiger partial charge is 0.393 e. The molecule has 1 aromatic rings. The number of fused-ring (bicyclic) bond motifs is 2. The van der Waals surface area contributed by atoms with E-state index in [0.29, 0.717) is 12.0 Å². The van der Waals surface area contributed by atoms with Gasteiger partial charge in [-0.3, -0.25) is 4.90 Å².